The molecule has 2 N–H and O–H groups in total. The van der Waals surface area contributed by atoms with E-state index in [0.29, 0.717) is 17.3 Å². The van der Waals surface area contributed by atoms with Crippen LogP contribution in [0.5, 0.6) is 0 Å². The molecule has 1 aromatic carbocycles. The Morgan fingerprint density at radius 3 is 2.88 bits per heavy atom. The van der Waals surface area contributed by atoms with Gasteiger partial charge in [0.05, 0.1) is 23.4 Å². The van der Waals surface area contributed by atoms with Crippen LogP contribution in [-0.4, -0.2) is 25.4 Å². The summed E-state index contributed by atoms with van der Waals surface area (Å²) in [6.45, 7) is 9.08. The molecule has 7 nitrogen and oxygen atoms in total. The Balaban J connectivity index is 2.03. The minimum Gasteiger partial charge on any atom is -0.343 e. The second-order valence-corrected chi connectivity index (χ2v) is 5.18. The Labute approximate surface area is 138 Å². The topological polar surface area (TPSA) is 84.7 Å². The lowest BCUT2D eigenvalue weighted by Gasteiger charge is -2.08. The van der Waals surface area contributed by atoms with Gasteiger partial charge >= 0.3 is 0 Å². The Bertz CT molecular complexity index is 943. The molecular weight excluding hydrogens is 304 g/mol. The Morgan fingerprint density at radius 2 is 2.12 bits per heavy atom. The first-order valence-corrected chi connectivity index (χ1v) is 7.22. The molecule has 0 aliphatic carbocycles. The quantitative estimate of drug-likeness (QED) is 0.706. The molecule has 2 aromatic heterocycles. The molecule has 0 saturated heterocycles. The molecule has 0 spiro atoms. The fraction of sp³-hybridized carbons (Fsp3) is 0.0588. The lowest BCUT2D eigenvalue weighted by atomic mass is 10.2. The number of imidazole rings is 1. The summed E-state index contributed by atoms with van der Waals surface area (Å²) in [5.74, 6) is 0.932. The number of aromatic nitrogens is 4. The maximum absolute atomic E-state index is 11.5. The molecular formula is C17H16N6O. The summed E-state index contributed by atoms with van der Waals surface area (Å²) in [6, 6.07) is 5.43. The van der Waals surface area contributed by atoms with Crippen molar-refractivity contribution in [2.45, 2.75) is 6.92 Å². The van der Waals surface area contributed by atoms with Crippen molar-refractivity contribution in [3.8, 4) is 5.82 Å². The number of rotatable bonds is 5. The van der Waals surface area contributed by atoms with Crippen LogP contribution in [0.1, 0.15) is 6.92 Å². The highest BCUT2D eigenvalue weighted by Crippen LogP contribution is 2.21. The summed E-state index contributed by atoms with van der Waals surface area (Å²) in [5, 5.41) is 5.76. The van der Waals surface area contributed by atoms with Gasteiger partial charge in [-0.2, -0.15) is 0 Å². The number of anilines is 2. The van der Waals surface area contributed by atoms with Gasteiger partial charge < -0.3 is 10.6 Å². The zero-order valence-corrected chi connectivity index (χ0v) is 13.2. The summed E-state index contributed by atoms with van der Waals surface area (Å²) >= 11 is 0. The van der Waals surface area contributed by atoms with Crippen molar-refractivity contribution in [3.05, 3.63) is 61.9 Å². The monoisotopic (exact) mass is 320 g/mol. The number of nitrogens with one attached hydrogen (secondary N) is 2. The highest BCUT2D eigenvalue weighted by Gasteiger charge is 2.09. The van der Waals surface area contributed by atoms with Crippen LogP contribution in [0.2, 0.25) is 0 Å². The summed E-state index contributed by atoms with van der Waals surface area (Å²) < 4.78 is 1.80. The third kappa shape index (κ3) is 3.14. The Hall–Kier alpha value is -3.48. The van der Waals surface area contributed by atoms with Gasteiger partial charge in [-0.25, -0.2) is 9.97 Å². The molecule has 3 rings (SSSR count). The van der Waals surface area contributed by atoms with Crippen LogP contribution in [0.4, 0.5) is 11.5 Å². The van der Waals surface area contributed by atoms with Crippen molar-refractivity contribution < 1.29 is 4.79 Å². The van der Waals surface area contributed by atoms with Gasteiger partial charge in [-0.1, -0.05) is 13.2 Å². The van der Waals surface area contributed by atoms with Crippen molar-refractivity contribution in [1.29, 1.82) is 0 Å². The van der Waals surface area contributed by atoms with Gasteiger partial charge in [0, 0.05) is 11.4 Å². The summed E-state index contributed by atoms with van der Waals surface area (Å²) in [7, 11) is 0. The summed E-state index contributed by atoms with van der Waals surface area (Å²) in [6.07, 6.45) is 6.14. The molecule has 24 heavy (non-hydrogen) atoms. The van der Waals surface area contributed by atoms with Crippen molar-refractivity contribution in [1.82, 2.24) is 19.5 Å². The van der Waals surface area contributed by atoms with E-state index in [1.165, 1.54) is 6.08 Å². The molecule has 0 aliphatic heterocycles. The fourth-order valence-corrected chi connectivity index (χ4v) is 2.21. The fourth-order valence-electron chi connectivity index (χ4n) is 2.21. The lowest BCUT2D eigenvalue weighted by Crippen LogP contribution is -2.07. The lowest BCUT2D eigenvalue weighted by molar-refractivity contribution is -0.111. The van der Waals surface area contributed by atoms with Crippen LogP contribution >= 0.6 is 0 Å². The van der Waals surface area contributed by atoms with Gasteiger partial charge in [0.25, 0.3) is 0 Å². The number of benzene rings is 1. The molecule has 0 radical (unpaired) electrons. The minimum atomic E-state index is -0.270. The highest BCUT2D eigenvalue weighted by atomic mass is 16.1. The van der Waals surface area contributed by atoms with Gasteiger partial charge in [-0.15, -0.1) is 0 Å². The average molecular weight is 320 g/mol. The highest BCUT2D eigenvalue weighted by molar-refractivity contribution is 6.00. The molecule has 2 heterocycles. The molecule has 7 heteroatoms. The van der Waals surface area contributed by atoms with Gasteiger partial charge in [0.2, 0.25) is 5.91 Å². The van der Waals surface area contributed by atoms with Crippen molar-refractivity contribution in [3.63, 3.8) is 0 Å². The van der Waals surface area contributed by atoms with Gasteiger partial charge in [0.15, 0.2) is 11.6 Å². The van der Waals surface area contributed by atoms with E-state index in [-0.39, 0.29) is 5.91 Å². The van der Waals surface area contributed by atoms with Crippen LogP contribution in [-0.2, 0) is 4.79 Å². The number of fused-ring (bicyclic) bond motifs is 1. The first kappa shape index (κ1) is 15.4. The Morgan fingerprint density at radius 1 is 1.29 bits per heavy atom. The number of carbonyl (C=O) groups is 1. The molecule has 1 amide bonds. The molecule has 0 bridgehead atoms. The SMILES string of the molecule is C=CC(=O)Nc1ccc2ncn(-c3cncc(NC(=C)C)n3)c2c1. The molecule has 120 valence electrons. The average Bonchev–Trinajstić information content (AvgIpc) is 2.97. The van der Waals surface area contributed by atoms with E-state index in [4.69, 9.17) is 0 Å². The van der Waals surface area contributed by atoms with Crippen molar-refractivity contribution >= 4 is 28.4 Å². The first-order chi connectivity index (χ1) is 11.6. The Kier molecular flexibility index (Phi) is 4.07. The molecule has 0 atom stereocenters. The third-order valence-electron chi connectivity index (χ3n) is 3.21. The largest absolute Gasteiger partial charge is 0.343 e. The number of hydrogen-bond donors (Lipinski definition) is 2. The predicted octanol–water partition coefficient (Wildman–Crippen LogP) is 2.89. The number of allylic oxidation sites excluding steroid dienone is 1. The van der Waals surface area contributed by atoms with E-state index in [1.54, 1.807) is 29.4 Å². The maximum atomic E-state index is 11.5. The molecule has 3 aromatic rings. The van der Waals surface area contributed by atoms with E-state index in [9.17, 15) is 4.79 Å². The second-order valence-electron chi connectivity index (χ2n) is 5.18. The zero-order valence-electron chi connectivity index (χ0n) is 13.2. The second kappa shape index (κ2) is 6.33. The van der Waals surface area contributed by atoms with Crippen LogP contribution in [0.3, 0.4) is 0 Å². The minimum absolute atomic E-state index is 0.270. The van der Waals surface area contributed by atoms with Gasteiger partial charge in [-0.05, 0) is 31.2 Å². The number of nitrogens with zero attached hydrogens (tertiary/aromatic N) is 4. The normalized spacial score (nSPS) is 10.4. The third-order valence-corrected chi connectivity index (χ3v) is 3.21. The van der Waals surface area contributed by atoms with Crippen molar-refractivity contribution in [2.24, 2.45) is 0 Å². The predicted molar refractivity (Wildman–Crippen MR) is 93.9 cm³/mol. The van der Waals surface area contributed by atoms with Crippen LogP contribution in [0.15, 0.2) is 61.9 Å². The maximum Gasteiger partial charge on any atom is 0.247 e. The standard InChI is InChI=1S/C17H16N6O/c1-4-17(24)21-12-5-6-13-14(7-12)23(10-19-13)16-9-18-8-15(22-16)20-11(2)3/h4-10H,1-2H2,3H3,(H,20,22)(H,21,24). The van der Waals surface area contributed by atoms with Gasteiger partial charge in [0.1, 0.15) is 6.33 Å². The smallest absolute Gasteiger partial charge is 0.247 e. The summed E-state index contributed by atoms with van der Waals surface area (Å²) in [4.78, 5) is 24.5. The first-order valence-electron chi connectivity index (χ1n) is 7.22. The van der Waals surface area contributed by atoms with E-state index in [1.807, 2.05) is 19.1 Å². The molecule has 0 saturated carbocycles. The van der Waals surface area contributed by atoms with Crippen molar-refractivity contribution in [2.75, 3.05) is 10.6 Å². The molecule has 0 aliphatic rings. The zero-order chi connectivity index (χ0) is 17.1. The van der Waals surface area contributed by atoms with E-state index in [0.717, 1.165) is 16.7 Å². The van der Waals surface area contributed by atoms with Crippen LogP contribution < -0.4 is 10.6 Å². The number of amides is 1. The number of hydrogen-bond acceptors (Lipinski definition) is 5. The van der Waals surface area contributed by atoms with E-state index < -0.39 is 0 Å². The van der Waals surface area contributed by atoms with Crippen LogP contribution in [0.25, 0.3) is 16.9 Å². The van der Waals surface area contributed by atoms with Crippen LogP contribution in [0, 0.1) is 0 Å². The molecule has 0 unspecified atom stereocenters. The van der Waals surface area contributed by atoms with E-state index >= 15 is 0 Å². The van der Waals surface area contributed by atoms with Gasteiger partial charge in [-0.3, -0.25) is 14.3 Å². The van der Waals surface area contributed by atoms with E-state index in [2.05, 4.69) is 38.7 Å². The molecule has 0 fully saturated rings. The summed E-state index contributed by atoms with van der Waals surface area (Å²) in [5.41, 5.74) is 3.01. The number of carbonyl (C=O) groups excluding carboxylic acids is 1.